The van der Waals surface area contributed by atoms with E-state index in [1.807, 2.05) is 0 Å². The molecule has 0 bridgehead atoms. The monoisotopic (exact) mass is 313 g/mol. The van der Waals surface area contributed by atoms with Gasteiger partial charge in [-0.05, 0) is 74.6 Å². The summed E-state index contributed by atoms with van der Waals surface area (Å²) in [7, 11) is 0. The Morgan fingerprint density at radius 3 is 1.96 bits per heavy atom. The van der Waals surface area contributed by atoms with Crippen molar-refractivity contribution in [2.45, 2.75) is 38.5 Å². The van der Waals surface area contributed by atoms with Gasteiger partial charge in [0.15, 0.2) is 0 Å². The largest absolute Gasteiger partial charge is 0.326 e. The van der Waals surface area contributed by atoms with Crippen LogP contribution in [0.2, 0.25) is 0 Å². The third-order valence-electron chi connectivity index (χ3n) is 4.91. The Bertz CT molecular complexity index is 566. The maximum Gasteiger partial charge on any atom is 0.228 e. The molecule has 2 nitrogen and oxygen atoms in total. The van der Waals surface area contributed by atoms with Crippen molar-refractivity contribution in [3.05, 3.63) is 54.4 Å². The van der Waals surface area contributed by atoms with Gasteiger partial charge in [0.05, 0.1) is 0 Å². The number of amides is 1. The first-order chi connectivity index (χ1) is 11.3. The highest BCUT2D eigenvalue weighted by molar-refractivity contribution is 5.94. The van der Waals surface area contributed by atoms with Crippen LogP contribution in [0.3, 0.4) is 0 Å². The number of hydrogen-bond donors (Lipinski definition) is 1. The van der Waals surface area contributed by atoms with E-state index >= 15 is 0 Å². The average Bonchev–Trinajstić information content (AvgIpc) is 3.22. The van der Waals surface area contributed by atoms with Crippen molar-refractivity contribution in [3.63, 3.8) is 0 Å². The molecule has 1 saturated carbocycles. The van der Waals surface area contributed by atoms with Gasteiger partial charge in [-0.15, -0.1) is 0 Å². The number of rotatable bonds is 2. The lowest BCUT2D eigenvalue weighted by Gasteiger charge is -2.04. The van der Waals surface area contributed by atoms with E-state index < -0.39 is 0 Å². The van der Waals surface area contributed by atoms with Gasteiger partial charge >= 0.3 is 0 Å². The fourth-order valence-electron chi connectivity index (χ4n) is 3.62. The maximum atomic E-state index is 12.9. The molecule has 1 amide bonds. The number of fused-ring (bicyclic) bond motifs is 1. The zero-order valence-corrected chi connectivity index (χ0v) is 13.4. The molecule has 0 aliphatic heterocycles. The molecule has 0 spiro atoms. The van der Waals surface area contributed by atoms with E-state index in [1.165, 1.54) is 12.1 Å². The van der Waals surface area contributed by atoms with Crippen molar-refractivity contribution in [2.24, 2.45) is 17.8 Å². The number of carbonyl (C=O) groups excluding carboxylic acids is 1. The van der Waals surface area contributed by atoms with E-state index in [0.29, 0.717) is 17.5 Å². The molecule has 3 atom stereocenters. The summed E-state index contributed by atoms with van der Waals surface area (Å²) < 4.78 is 12.9. The minimum Gasteiger partial charge on any atom is -0.326 e. The van der Waals surface area contributed by atoms with Crippen LogP contribution in [0.15, 0.2) is 48.6 Å². The number of halogens is 1. The molecule has 0 aromatic heterocycles. The summed E-state index contributed by atoms with van der Waals surface area (Å²) in [6.45, 7) is 0. The fraction of sp³-hybridized carbons (Fsp3) is 0.450. The van der Waals surface area contributed by atoms with Crippen LogP contribution in [-0.2, 0) is 4.79 Å². The van der Waals surface area contributed by atoms with Crippen molar-refractivity contribution >= 4 is 11.6 Å². The third kappa shape index (κ3) is 4.31. The summed E-state index contributed by atoms with van der Waals surface area (Å²) in [5.41, 5.74) is 0.679. The summed E-state index contributed by atoms with van der Waals surface area (Å²) >= 11 is 0. The average molecular weight is 313 g/mol. The predicted octanol–water partition coefficient (Wildman–Crippen LogP) is 5.09. The molecule has 3 heteroatoms. The molecular weight excluding hydrogens is 289 g/mol. The van der Waals surface area contributed by atoms with E-state index in [9.17, 15) is 9.18 Å². The molecule has 1 unspecified atom stereocenters. The van der Waals surface area contributed by atoms with Gasteiger partial charge in [0, 0.05) is 11.6 Å². The first-order valence-electron chi connectivity index (χ1n) is 8.62. The molecule has 0 saturated heterocycles. The molecule has 23 heavy (non-hydrogen) atoms. The standard InChI is InChI=1S/C20H24FNO/c21-15-11-13-16(14-12-15)22-20(23)19-17-9-7-5-3-1-2-4-6-8-10-18(17)19/h3-6,11-14,17-19H,1-2,7-10H2,(H,22,23)/b5-3-,6-4+/t17-,18+,19?/m0/s1. The molecule has 2 aliphatic rings. The van der Waals surface area contributed by atoms with Crippen molar-refractivity contribution in [1.29, 1.82) is 0 Å². The Kier molecular flexibility index (Phi) is 5.27. The molecule has 1 aromatic rings. The second-order valence-electron chi connectivity index (χ2n) is 6.52. The fourth-order valence-corrected chi connectivity index (χ4v) is 3.62. The minimum atomic E-state index is -0.283. The minimum absolute atomic E-state index is 0.0921. The van der Waals surface area contributed by atoms with Gasteiger partial charge in [0.25, 0.3) is 0 Å². The van der Waals surface area contributed by atoms with Crippen LogP contribution < -0.4 is 5.32 Å². The quantitative estimate of drug-likeness (QED) is 0.757. The number of carbonyl (C=O) groups is 1. The Morgan fingerprint density at radius 1 is 0.870 bits per heavy atom. The number of nitrogens with one attached hydrogen (secondary N) is 1. The molecule has 2 aliphatic carbocycles. The second kappa shape index (κ2) is 7.58. The molecule has 1 aromatic carbocycles. The van der Waals surface area contributed by atoms with E-state index in [0.717, 1.165) is 38.5 Å². The van der Waals surface area contributed by atoms with E-state index in [-0.39, 0.29) is 17.6 Å². The van der Waals surface area contributed by atoms with Crippen LogP contribution in [0.25, 0.3) is 0 Å². The number of allylic oxidation sites excluding steroid dienone is 4. The van der Waals surface area contributed by atoms with Crippen LogP contribution in [0.1, 0.15) is 38.5 Å². The molecule has 1 N–H and O–H groups in total. The van der Waals surface area contributed by atoms with Gasteiger partial charge in [-0.2, -0.15) is 0 Å². The van der Waals surface area contributed by atoms with Gasteiger partial charge in [-0.3, -0.25) is 4.79 Å². The van der Waals surface area contributed by atoms with Gasteiger partial charge in [-0.25, -0.2) is 4.39 Å². The molecule has 0 heterocycles. The summed E-state index contributed by atoms with van der Waals surface area (Å²) in [6.07, 6.45) is 15.5. The smallest absolute Gasteiger partial charge is 0.228 e. The van der Waals surface area contributed by atoms with Crippen LogP contribution in [0.4, 0.5) is 10.1 Å². The zero-order chi connectivity index (χ0) is 16.1. The summed E-state index contributed by atoms with van der Waals surface area (Å²) in [5.74, 6) is 0.909. The van der Waals surface area contributed by atoms with Crippen molar-refractivity contribution in [1.82, 2.24) is 0 Å². The van der Waals surface area contributed by atoms with Gasteiger partial charge in [0.2, 0.25) is 5.91 Å². The highest BCUT2D eigenvalue weighted by atomic mass is 19.1. The van der Waals surface area contributed by atoms with Crippen molar-refractivity contribution < 1.29 is 9.18 Å². The Morgan fingerprint density at radius 2 is 1.39 bits per heavy atom. The van der Waals surface area contributed by atoms with Gasteiger partial charge in [0.1, 0.15) is 5.82 Å². The number of benzene rings is 1. The van der Waals surface area contributed by atoms with Crippen LogP contribution in [-0.4, -0.2) is 5.91 Å². The normalized spacial score (nSPS) is 30.2. The molecule has 3 rings (SSSR count). The first-order valence-corrected chi connectivity index (χ1v) is 8.62. The first kappa shape index (κ1) is 16.0. The van der Waals surface area contributed by atoms with Gasteiger partial charge < -0.3 is 5.32 Å². The topological polar surface area (TPSA) is 29.1 Å². The number of hydrogen-bond acceptors (Lipinski definition) is 1. The lowest BCUT2D eigenvalue weighted by atomic mass is 10.1. The van der Waals surface area contributed by atoms with E-state index in [2.05, 4.69) is 29.6 Å². The summed E-state index contributed by atoms with van der Waals surface area (Å²) in [5, 5.41) is 2.94. The second-order valence-corrected chi connectivity index (χ2v) is 6.52. The van der Waals surface area contributed by atoms with Crippen LogP contribution >= 0.6 is 0 Å². The Balaban J connectivity index is 1.60. The van der Waals surface area contributed by atoms with Crippen molar-refractivity contribution in [2.75, 3.05) is 5.32 Å². The predicted molar refractivity (Wildman–Crippen MR) is 91.5 cm³/mol. The lowest BCUT2D eigenvalue weighted by molar-refractivity contribution is -0.117. The Labute approximate surface area is 137 Å². The van der Waals surface area contributed by atoms with Crippen molar-refractivity contribution in [3.8, 4) is 0 Å². The molecular formula is C20H24FNO. The Hall–Kier alpha value is -1.90. The van der Waals surface area contributed by atoms with Crippen LogP contribution in [0.5, 0.6) is 0 Å². The van der Waals surface area contributed by atoms with E-state index in [4.69, 9.17) is 0 Å². The van der Waals surface area contributed by atoms with E-state index in [1.54, 1.807) is 12.1 Å². The van der Waals surface area contributed by atoms with Gasteiger partial charge in [-0.1, -0.05) is 24.3 Å². The SMILES string of the molecule is O=C(Nc1ccc(F)cc1)C1[C@H]2CC/C=C\CC/C=C/CC[C@@H]12. The third-order valence-corrected chi connectivity index (χ3v) is 4.91. The number of anilines is 1. The summed E-state index contributed by atoms with van der Waals surface area (Å²) in [4.78, 5) is 12.5. The molecule has 1 fully saturated rings. The molecule has 122 valence electrons. The lowest BCUT2D eigenvalue weighted by Crippen LogP contribution is -2.15. The maximum absolute atomic E-state index is 12.9. The highest BCUT2D eigenvalue weighted by Gasteiger charge is 2.52. The zero-order valence-electron chi connectivity index (χ0n) is 13.4. The molecule has 0 radical (unpaired) electrons. The van der Waals surface area contributed by atoms with Crippen LogP contribution in [0, 0.1) is 23.6 Å². The highest BCUT2D eigenvalue weighted by Crippen LogP contribution is 2.52. The summed E-state index contributed by atoms with van der Waals surface area (Å²) in [6, 6.07) is 5.99.